The molecule has 7 heteroatoms. The molecule has 0 spiro atoms. The molecule has 1 aromatic heterocycles. The maximum atomic E-state index is 13.0. The van der Waals surface area contributed by atoms with Crippen LogP contribution in [0.25, 0.3) is 0 Å². The summed E-state index contributed by atoms with van der Waals surface area (Å²) in [6.45, 7) is 5.99. The van der Waals surface area contributed by atoms with Crippen LogP contribution in [0, 0.1) is 0 Å². The molecule has 21 heavy (non-hydrogen) atoms. The van der Waals surface area contributed by atoms with Crippen LogP contribution in [0.3, 0.4) is 0 Å². The van der Waals surface area contributed by atoms with Crippen LogP contribution in [0.2, 0.25) is 0 Å². The predicted octanol–water partition coefficient (Wildman–Crippen LogP) is 1.86. The monoisotopic (exact) mass is 314 g/mol. The SMILES string of the molecule is CCNCc1cn[nH]c1S(=O)(=O)N1CCCCCC1CC. The van der Waals surface area contributed by atoms with Crippen molar-refractivity contribution in [2.45, 2.75) is 63.6 Å². The van der Waals surface area contributed by atoms with E-state index in [1.165, 1.54) is 0 Å². The topological polar surface area (TPSA) is 78.1 Å². The number of nitrogens with zero attached hydrogens (tertiary/aromatic N) is 2. The fraction of sp³-hybridized carbons (Fsp3) is 0.786. The lowest BCUT2D eigenvalue weighted by molar-refractivity contribution is 0.313. The van der Waals surface area contributed by atoms with Crippen molar-refractivity contribution in [3.05, 3.63) is 11.8 Å². The Balaban J connectivity index is 2.29. The molecule has 0 amide bonds. The van der Waals surface area contributed by atoms with Gasteiger partial charge in [-0.1, -0.05) is 26.7 Å². The fourth-order valence-corrected chi connectivity index (χ4v) is 4.78. The number of H-pyrrole nitrogens is 1. The van der Waals surface area contributed by atoms with Crippen LogP contribution in [0.1, 0.15) is 51.5 Å². The number of aromatic nitrogens is 2. The fourth-order valence-electron chi connectivity index (χ4n) is 2.90. The maximum Gasteiger partial charge on any atom is 0.260 e. The van der Waals surface area contributed by atoms with Crippen molar-refractivity contribution >= 4 is 10.0 Å². The second kappa shape index (κ2) is 7.38. The predicted molar refractivity (Wildman–Crippen MR) is 82.4 cm³/mol. The summed E-state index contributed by atoms with van der Waals surface area (Å²) >= 11 is 0. The van der Waals surface area contributed by atoms with Crippen LogP contribution >= 0.6 is 0 Å². The third-order valence-electron chi connectivity index (χ3n) is 4.10. The van der Waals surface area contributed by atoms with Gasteiger partial charge in [0.1, 0.15) is 0 Å². The molecular weight excluding hydrogens is 288 g/mol. The minimum atomic E-state index is -3.49. The van der Waals surface area contributed by atoms with Crippen molar-refractivity contribution in [2.24, 2.45) is 0 Å². The van der Waals surface area contributed by atoms with Crippen molar-refractivity contribution in [3.63, 3.8) is 0 Å². The molecule has 1 unspecified atom stereocenters. The van der Waals surface area contributed by atoms with Crippen molar-refractivity contribution in [3.8, 4) is 0 Å². The van der Waals surface area contributed by atoms with Gasteiger partial charge in [-0.05, 0) is 25.8 Å². The molecule has 1 aromatic rings. The van der Waals surface area contributed by atoms with Crippen LogP contribution in [0.5, 0.6) is 0 Å². The summed E-state index contributed by atoms with van der Waals surface area (Å²) < 4.78 is 27.6. The molecule has 0 radical (unpaired) electrons. The van der Waals surface area contributed by atoms with Crippen LogP contribution in [-0.4, -0.2) is 42.1 Å². The number of hydrogen-bond donors (Lipinski definition) is 2. The van der Waals surface area contributed by atoms with E-state index in [0.717, 1.165) is 44.2 Å². The summed E-state index contributed by atoms with van der Waals surface area (Å²) in [7, 11) is -3.49. The van der Waals surface area contributed by atoms with E-state index in [9.17, 15) is 8.42 Å². The summed E-state index contributed by atoms with van der Waals surface area (Å²) in [5, 5.41) is 10.1. The molecule has 120 valence electrons. The number of rotatable bonds is 6. The molecule has 6 nitrogen and oxygen atoms in total. The molecular formula is C14H26N4O2S. The normalized spacial score (nSPS) is 21.3. The Bertz CT molecular complexity index is 541. The average molecular weight is 314 g/mol. The van der Waals surface area contributed by atoms with E-state index in [1.807, 2.05) is 6.92 Å². The largest absolute Gasteiger partial charge is 0.313 e. The van der Waals surface area contributed by atoms with Crippen LogP contribution in [0.15, 0.2) is 11.2 Å². The zero-order valence-electron chi connectivity index (χ0n) is 12.9. The van der Waals surface area contributed by atoms with Gasteiger partial charge in [-0.25, -0.2) is 8.42 Å². The van der Waals surface area contributed by atoms with E-state index < -0.39 is 10.0 Å². The van der Waals surface area contributed by atoms with Crippen molar-refractivity contribution in [2.75, 3.05) is 13.1 Å². The molecule has 2 rings (SSSR count). The summed E-state index contributed by atoms with van der Waals surface area (Å²) in [6.07, 6.45) is 6.57. The average Bonchev–Trinajstić information content (AvgIpc) is 2.81. The van der Waals surface area contributed by atoms with Gasteiger partial charge in [-0.2, -0.15) is 9.40 Å². The van der Waals surface area contributed by atoms with E-state index >= 15 is 0 Å². The molecule has 2 N–H and O–H groups in total. The Kier molecular flexibility index (Phi) is 5.78. The molecule has 0 aliphatic carbocycles. The molecule has 1 atom stereocenters. The number of hydrogen-bond acceptors (Lipinski definition) is 4. The lowest BCUT2D eigenvalue weighted by Gasteiger charge is -2.28. The van der Waals surface area contributed by atoms with Crippen LogP contribution in [0.4, 0.5) is 0 Å². The Morgan fingerprint density at radius 3 is 2.90 bits per heavy atom. The molecule has 1 aliphatic heterocycles. The Morgan fingerprint density at radius 2 is 2.19 bits per heavy atom. The Morgan fingerprint density at radius 1 is 1.38 bits per heavy atom. The molecule has 1 aliphatic rings. The first-order chi connectivity index (χ1) is 10.1. The summed E-state index contributed by atoms with van der Waals surface area (Å²) in [5.41, 5.74) is 0.718. The summed E-state index contributed by atoms with van der Waals surface area (Å²) in [5.74, 6) is 0. The minimum Gasteiger partial charge on any atom is -0.313 e. The summed E-state index contributed by atoms with van der Waals surface area (Å²) in [4.78, 5) is 0. The first-order valence-corrected chi connectivity index (χ1v) is 9.30. The molecule has 1 fully saturated rings. The van der Waals surface area contributed by atoms with E-state index in [1.54, 1.807) is 10.5 Å². The summed E-state index contributed by atoms with van der Waals surface area (Å²) in [6, 6.07) is 0.104. The highest BCUT2D eigenvalue weighted by Gasteiger charge is 2.33. The third-order valence-corrected chi connectivity index (χ3v) is 6.07. The first kappa shape index (κ1) is 16.5. The smallest absolute Gasteiger partial charge is 0.260 e. The number of nitrogens with one attached hydrogen (secondary N) is 2. The van der Waals surface area contributed by atoms with Crippen LogP contribution < -0.4 is 5.32 Å². The van der Waals surface area contributed by atoms with Gasteiger partial charge in [0.2, 0.25) is 0 Å². The molecule has 2 heterocycles. The van der Waals surface area contributed by atoms with Gasteiger partial charge in [-0.3, -0.25) is 5.10 Å². The van der Waals surface area contributed by atoms with E-state index in [0.29, 0.717) is 13.1 Å². The lowest BCUT2D eigenvalue weighted by Crippen LogP contribution is -2.40. The first-order valence-electron chi connectivity index (χ1n) is 7.86. The quantitative estimate of drug-likeness (QED) is 0.840. The number of sulfonamides is 1. The van der Waals surface area contributed by atoms with Crippen molar-refractivity contribution in [1.82, 2.24) is 19.8 Å². The highest BCUT2D eigenvalue weighted by Crippen LogP contribution is 2.26. The van der Waals surface area contributed by atoms with Gasteiger partial charge in [0.15, 0.2) is 5.03 Å². The third kappa shape index (κ3) is 3.64. The zero-order chi connectivity index (χ0) is 15.3. The second-order valence-electron chi connectivity index (χ2n) is 5.53. The van der Waals surface area contributed by atoms with Gasteiger partial charge >= 0.3 is 0 Å². The number of aromatic amines is 1. The van der Waals surface area contributed by atoms with Gasteiger partial charge in [0.05, 0.1) is 6.20 Å². The molecule has 0 aromatic carbocycles. The highest BCUT2D eigenvalue weighted by molar-refractivity contribution is 7.89. The highest BCUT2D eigenvalue weighted by atomic mass is 32.2. The zero-order valence-corrected chi connectivity index (χ0v) is 13.7. The minimum absolute atomic E-state index is 0.104. The van der Waals surface area contributed by atoms with E-state index in [2.05, 4.69) is 22.4 Å². The Hall–Kier alpha value is -0.920. The molecule has 0 saturated carbocycles. The maximum absolute atomic E-state index is 13.0. The van der Waals surface area contributed by atoms with E-state index in [4.69, 9.17) is 0 Å². The molecule has 1 saturated heterocycles. The van der Waals surface area contributed by atoms with Gasteiger partial charge in [-0.15, -0.1) is 0 Å². The lowest BCUT2D eigenvalue weighted by atomic mass is 10.1. The van der Waals surface area contributed by atoms with Crippen molar-refractivity contribution < 1.29 is 8.42 Å². The van der Waals surface area contributed by atoms with Crippen LogP contribution in [-0.2, 0) is 16.6 Å². The molecule has 0 bridgehead atoms. The van der Waals surface area contributed by atoms with Gasteiger partial charge < -0.3 is 5.32 Å². The van der Waals surface area contributed by atoms with Crippen molar-refractivity contribution in [1.29, 1.82) is 0 Å². The standard InChI is InChI=1S/C14H26N4O2S/c1-3-13-8-6-5-7-9-18(13)21(19,20)14-12(10-15-4-2)11-16-17-14/h11,13,15H,3-10H2,1-2H3,(H,16,17). The van der Waals surface area contributed by atoms with Gasteiger partial charge in [0.25, 0.3) is 10.0 Å². The van der Waals surface area contributed by atoms with E-state index in [-0.39, 0.29) is 11.1 Å². The second-order valence-corrected chi connectivity index (χ2v) is 7.36. The van der Waals surface area contributed by atoms with Gasteiger partial charge in [0, 0.05) is 24.7 Å². The Labute approximate surface area is 127 Å².